The molecule has 4 nitrogen and oxygen atoms in total. The van der Waals surface area contributed by atoms with Crippen molar-refractivity contribution < 1.29 is 8.42 Å². The Morgan fingerprint density at radius 3 is 2.18 bits per heavy atom. The molecular weight excluding hydrogens is 236 g/mol. The van der Waals surface area contributed by atoms with E-state index in [1.54, 1.807) is 4.31 Å². The van der Waals surface area contributed by atoms with Gasteiger partial charge in [0.15, 0.2) is 0 Å². The Bertz CT molecular complexity index is 374. The van der Waals surface area contributed by atoms with Crippen LogP contribution in [0.15, 0.2) is 0 Å². The van der Waals surface area contributed by atoms with E-state index >= 15 is 0 Å². The molecule has 17 heavy (non-hydrogen) atoms. The molecule has 0 radical (unpaired) electrons. The lowest BCUT2D eigenvalue weighted by atomic mass is 9.91. The van der Waals surface area contributed by atoms with Crippen LogP contribution in [0.1, 0.15) is 38.5 Å². The highest BCUT2D eigenvalue weighted by atomic mass is 32.2. The fourth-order valence-electron chi connectivity index (χ4n) is 2.86. The molecule has 3 fully saturated rings. The molecule has 0 atom stereocenters. The average molecular weight is 258 g/mol. The van der Waals surface area contributed by atoms with E-state index in [9.17, 15) is 8.42 Å². The minimum absolute atomic E-state index is 0.0437. The van der Waals surface area contributed by atoms with Crippen LogP contribution in [0.3, 0.4) is 0 Å². The number of nitrogens with zero attached hydrogens (tertiary/aromatic N) is 2. The van der Waals surface area contributed by atoms with Gasteiger partial charge in [0.05, 0.1) is 5.25 Å². The predicted molar refractivity (Wildman–Crippen MR) is 67.3 cm³/mol. The van der Waals surface area contributed by atoms with Gasteiger partial charge in [0.2, 0.25) is 10.0 Å². The third-order valence-electron chi connectivity index (χ3n) is 4.39. The minimum atomic E-state index is -2.94. The minimum Gasteiger partial charge on any atom is -0.299 e. The van der Waals surface area contributed by atoms with Crippen molar-refractivity contribution in [1.29, 1.82) is 0 Å². The van der Waals surface area contributed by atoms with Gasteiger partial charge in [-0.2, -0.15) is 0 Å². The van der Waals surface area contributed by atoms with E-state index in [4.69, 9.17) is 0 Å². The molecule has 0 spiro atoms. The summed E-state index contributed by atoms with van der Waals surface area (Å²) in [6.07, 6.45) is 6.74. The topological polar surface area (TPSA) is 40.6 Å². The first-order chi connectivity index (χ1) is 8.18. The van der Waals surface area contributed by atoms with E-state index in [1.807, 2.05) is 0 Å². The summed E-state index contributed by atoms with van der Waals surface area (Å²) in [6.45, 7) is 3.48. The van der Waals surface area contributed by atoms with Crippen LogP contribution in [0.4, 0.5) is 0 Å². The Balaban J connectivity index is 1.61. The highest BCUT2D eigenvalue weighted by Crippen LogP contribution is 2.32. The maximum Gasteiger partial charge on any atom is 0.217 e. The Kier molecular flexibility index (Phi) is 3.17. The van der Waals surface area contributed by atoms with Gasteiger partial charge >= 0.3 is 0 Å². The maximum atomic E-state index is 12.2. The largest absolute Gasteiger partial charge is 0.299 e. The summed E-state index contributed by atoms with van der Waals surface area (Å²) >= 11 is 0. The Labute approximate surface area is 104 Å². The van der Waals surface area contributed by atoms with E-state index in [0.29, 0.717) is 0 Å². The lowest BCUT2D eigenvalue weighted by Crippen LogP contribution is -2.43. The van der Waals surface area contributed by atoms with Crippen LogP contribution in [0.2, 0.25) is 0 Å². The fourth-order valence-corrected chi connectivity index (χ4v) is 4.74. The summed E-state index contributed by atoms with van der Waals surface area (Å²) in [5, 5.41) is -0.0437. The van der Waals surface area contributed by atoms with Crippen molar-refractivity contribution >= 4 is 10.0 Å². The number of sulfonamides is 1. The average Bonchev–Trinajstić information content (AvgIpc) is 3.02. The molecular formula is C12H22N2O2S. The molecule has 5 heteroatoms. The lowest BCUT2D eigenvalue weighted by molar-refractivity contribution is 0.134. The van der Waals surface area contributed by atoms with Crippen LogP contribution >= 0.6 is 0 Å². The monoisotopic (exact) mass is 258 g/mol. The molecule has 0 unspecified atom stereocenters. The van der Waals surface area contributed by atoms with Gasteiger partial charge < -0.3 is 0 Å². The first kappa shape index (κ1) is 11.9. The second-order valence-electron chi connectivity index (χ2n) is 5.62. The van der Waals surface area contributed by atoms with Gasteiger partial charge in [-0.25, -0.2) is 12.7 Å². The van der Waals surface area contributed by atoms with Gasteiger partial charge in [-0.15, -0.1) is 0 Å². The summed E-state index contributed by atoms with van der Waals surface area (Å²) in [6, 6.07) is 0.749. The predicted octanol–water partition coefficient (Wildman–Crippen LogP) is 1.04. The number of hydrogen-bond acceptors (Lipinski definition) is 3. The molecule has 2 aliphatic carbocycles. The summed E-state index contributed by atoms with van der Waals surface area (Å²) in [4.78, 5) is 2.51. The number of rotatable bonds is 3. The van der Waals surface area contributed by atoms with Crippen molar-refractivity contribution in [2.24, 2.45) is 0 Å². The quantitative estimate of drug-likeness (QED) is 0.759. The van der Waals surface area contributed by atoms with Crippen molar-refractivity contribution in [2.75, 3.05) is 26.2 Å². The normalized spacial score (nSPS) is 29.9. The van der Waals surface area contributed by atoms with Crippen molar-refractivity contribution in [2.45, 2.75) is 49.8 Å². The van der Waals surface area contributed by atoms with Gasteiger partial charge in [-0.3, -0.25) is 4.90 Å². The molecule has 1 saturated heterocycles. The second kappa shape index (κ2) is 4.52. The van der Waals surface area contributed by atoms with Crippen LogP contribution < -0.4 is 0 Å². The van der Waals surface area contributed by atoms with E-state index in [1.165, 1.54) is 19.3 Å². The van der Waals surface area contributed by atoms with Crippen molar-refractivity contribution in [3.8, 4) is 0 Å². The maximum absolute atomic E-state index is 12.2. The molecule has 1 heterocycles. The number of hydrogen-bond donors (Lipinski definition) is 0. The summed E-state index contributed by atoms with van der Waals surface area (Å²) in [5.74, 6) is 0. The second-order valence-corrected chi connectivity index (χ2v) is 7.83. The smallest absolute Gasteiger partial charge is 0.217 e. The lowest BCUT2D eigenvalue weighted by Gasteiger charge is -2.36. The summed E-state index contributed by atoms with van der Waals surface area (Å²) in [7, 11) is -2.94. The van der Waals surface area contributed by atoms with Gasteiger partial charge in [0.25, 0.3) is 0 Å². The van der Waals surface area contributed by atoms with Crippen LogP contribution in [-0.4, -0.2) is 55.1 Å². The third kappa shape index (κ3) is 2.37. The van der Waals surface area contributed by atoms with Crippen LogP contribution in [0, 0.1) is 0 Å². The highest BCUT2D eigenvalue weighted by molar-refractivity contribution is 7.90. The van der Waals surface area contributed by atoms with E-state index in [0.717, 1.165) is 51.5 Å². The molecule has 0 bridgehead atoms. The molecule has 3 aliphatic rings. The molecule has 1 aliphatic heterocycles. The van der Waals surface area contributed by atoms with Gasteiger partial charge in [0.1, 0.15) is 0 Å². The molecule has 3 rings (SSSR count). The third-order valence-corrected chi connectivity index (χ3v) is 6.78. The van der Waals surface area contributed by atoms with Crippen molar-refractivity contribution in [1.82, 2.24) is 9.21 Å². The van der Waals surface area contributed by atoms with E-state index < -0.39 is 10.0 Å². The molecule has 0 aromatic heterocycles. The highest BCUT2D eigenvalue weighted by Gasteiger charge is 2.40. The Morgan fingerprint density at radius 2 is 1.59 bits per heavy atom. The zero-order valence-corrected chi connectivity index (χ0v) is 11.2. The summed E-state index contributed by atoms with van der Waals surface area (Å²) < 4.78 is 26.1. The molecule has 98 valence electrons. The molecule has 0 aromatic rings. The van der Waals surface area contributed by atoms with Gasteiger partial charge in [-0.1, -0.05) is 6.42 Å². The summed E-state index contributed by atoms with van der Waals surface area (Å²) in [5.41, 5.74) is 0. The first-order valence-electron chi connectivity index (χ1n) is 6.91. The molecule has 0 N–H and O–H groups in total. The fraction of sp³-hybridized carbons (Fsp3) is 1.00. The first-order valence-corrected chi connectivity index (χ1v) is 8.41. The van der Waals surface area contributed by atoms with Gasteiger partial charge in [0, 0.05) is 25.7 Å². The van der Waals surface area contributed by atoms with E-state index in [2.05, 4.69) is 4.90 Å². The van der Waals surface area contributed by atoms with Crippen molar-refractivity contribution in [3.05, 3.63) is 0 Å². The van der Waals surface area contributed by atoms with Crippen LogP contribution in [0.5, 0.6) is 0 Å². The van der Waals surface area contributed by atoms with Crippen LogP contribution in [-0.2, 0) is 10.0 Å². The van der Waals surface area contributed by atoms with Crippen LogP contribution in [0.25, 0.3) is 0 Å². The molecule has 0 amide bonds. The molecule has 0 aromatic carbocycles. The van der Waals surface area contributed by atoms with Gasteiger partial charge in [-0.05, 0) is 38.6 Å². The Hall–Kier alpha value is -0.130. The zero-order valence-electron chi connectivity index (χ0n) is 10.3. The zero-order chi connectivity index (χ0) is 11.9. The van der Waals surface area contributed by atoms with Crippen molar-refractivity contribution in [3.63, 3.8) is 0 Å². The van der Waals surface area contributed by atoms with E-state index in [-0.39, 0.29) is 5.25 Å². The standard InChI is InChI=1S/C12H22N2O2S/c15-17(16,12-5-6-12)14-8-2-7-13(9-10-14)11-3-1-4-11/h11-12H,1-10H2. The SMILES string of the molecule is O=S(=O)(C1CC1)N1CCCN(C2CCC2)CC1. The Morgan fingerprint density at radius 1 is 0.824 bits per heavy atom. The molecule has 2 saturated carbocycles.